The second-order valence-corrected chi connectivity index (χ2v) is 8.68. The molecule has 30 heavy (non-hydrogen) atoms. The molecule has 0 spiro atoms. The molecule has 5 rings (SSSR count). The van der Waals surface area contributed by atoms with Crippen LogP contribution in [0, 0.1) is 0 Å². The molecule has 1 fully saturated rings. The zero-order valence-corrected chi connectivity index (χ0v) is 17.5. The van der Waals surface area contributed by atoms with Gasteiger partial charge in [0.2, 0.25) is 5.91 Å². The summed E-state index contributed by atoms with van der Waals surface area (Å²) in [4.78, 5) is 36.8. The summed E-state index contributed by atoms with van der Waals surface area (Å²) in [5, 5.41) is 3.08. The van der Waals surface area contributed by atoms with Gasteiger partial charge in [-0.3, -0.25) is 14.0 Å². The number of hydrogen-bond donors (Lipinski definition) is 2. The molecular weight excluding hydrogens is 398 g/mol. The number of aromatic amines is 1. The standard InChI is InChI=1S/C22H23N5O2S/c28-20(6-5-16-14-23-19-4-2-1-3-18(16)19)26-9-7-25(8-10-26)15-17-13-21(29)27-11-12-30-22(27)24-17/h1-4,11-14,23H,5-10,15H2/p+1. The van der Waals surface area contributed by atoms with Crippen molar-refractivity contribution in [3.8, 4) is 0 Å². The first-order chi connectivity index (χ1) is 14.7. The fraction of sp³-hybridized carbons (Fsp3) is 0.318. The molecule has 0 bridgehead atoms. The molecule has 0 atom stereocenters. The van der Waals surface area contributed by atoms with Crippen LogP contribution >= 0.6 is 11.3 Å². The molecule has 1 aliphatic heterocycles. The van der Waals surface area contributed by atoms with Crippen molar-refractivity contribution in [2.75, 3.05) is 26.2 Å². The molecule has 1 saturated heterocycles. The molecule has 4 aromatic rings. The highest BCUT2D eigenvalue weighted by molar-refractivity contribution is 7.15. The van der Waals surface area contributed by atoms with Gasteiger partial charge >= 0.3 is 0 Å². The van der Waals surface area contributed by atoms with E-state index in [0.717, 1.165) is 55.3 Å². The van der Waals surface area contributed by atoms with Crippen molar-refractivity contribution in [3.05, 3.63) is 69.7 Å². The van der Waals surface area contributed by atoms with Gasteiger partial charge in [-0.25, -0.2) is 4.98 Å². The van der Waals surface area contributed by atoms with Crippen LogP contribution in [-0.4, -0.2) is 51.4 Å². The summed E-state index contributed by atoms with van der Waals surface area (Å²) in [5.41, 5.74) is 3.12. The Morgan fingerprint density at radius 3 is 2.93 bits per heavy atom. The largest absolute Gasteiger partial charge is 0.361 e. The molecule has 0 aliphatic carbocycles. The molecule has 3 aromatic heterocycles. The van der Waals surface area contributed by atoms with Crippen molar-refractivity contribution in [1.82, 2.24) is 19.3 Å². The van der Waals surface area contributed by atoms with E-state index in [0.29, 0.717) is 6.42 Å². The average Bonchev–Trinajstić information content (AvgIpc) is 3.40. The van der Waals surface area contributed by atoms with Crippen LogP contribution in [0.15, 0.2) is 52.9 Å². The molecule has 4 heterocycles. The number of fused-ring (bicyclic) bond motifs is 2. The highest BCUT2D eigenvalue weighted by Crippen LogP contribution is 2.19. The fourth-order valence-corrected chi connectivity index (χ4v) is 4.96. The van der Waals surface area contributed by atoms with Crippen molar-refractivity contribution in [3.63, 3.8) is 0 Å². The number of carbonyl (C=O) groups excluding carboxylic acids is 1. The van der Waals surface area contributed by atoms with Gasteiger partial charge in [0.25, 0.3) is 5.56 Å². The normalized spacial score (nSPS) is 15.3. The van der Waals surface area contributed by atoms with Gasteiger partial charge in [0, 0.05) is 41.2 Å². The van der Waals surface area contributed by atoms with Gasteiger partial charge in [-0.05, 0) is 18.1 Å². The van der Waals surface area contributed by atoms with E-state index in [1.54, 1.807) is 16.7 Å². The first-order valence-electron chi connectivity index (χ1n) is 10.3. The van der Waals surface area contributed by atoms with Gasteiger partial charge in [-0.15, -0.1) is 11.3 Å². The molecule has 8 heteroatoms. The number of nitrogens with zero attached hydrogens (tertiary/aromatic N) is 3. The number of piperazine rings is 1. The van der Waals surface area contributed by atoms with E-state index in [1.807, 2.05) is 28.6 Å². The minimum Gasteiger partial charge on any atom is -0.361 e. The second kappa shape index (κ2) is 8.04. The number of nitrogens with one attached hydrogen (secondary N) is 2. The summed E-state index contributed by atoms with van der Waals surface area (Å²) in [6.45, 7) is 3.99. The summed E-state index contributed by atoms with van der Waals surface area (Å²) < 4.78 is 1.58. The van der Waals surface area contributed by atoms with E-state index in [9.17, 15) is 9.59 Å². The smallest absolute Gasteiger partial charge is 0.258 e. The van der Waals surface area contributed by atoms with E-state index in [-0.39, 0.29) is 11.5 Å². The lowest BCUT2D eigenvalue weighted by Crippen LogP contribution is -3.13. The molecule has 7 nitrogen and oxygen atoms in total. The van der Waals surface area contributed by atoms with Crippen molar-refractivity contribution in [1.29, 1.82) is 0 Å². The lowest BCUT2D eigenvalue weighted by Gasteiger charge is -2.32. The third-order valence-electron chi connectivity index (χ3n) is 5.89. The van der Waals surface area contributed by atoms with Crippen LogP contribution in [0.25, 0.3) is 15.9 Å². The van der Waals surface area contributed by atoms with Crippen LogP contribution in [-0.2, 0) is 17.8 Å². The minimum absolute atomic E-state index is 0.0262. The number of aromatic nitrogens is 3. The first kappa shape index (κ1) is 19.0. The number of carbonyl (C=O) groups is 1. The highest BCUT2D eigenvalue weighted by Gasteiger charge is 2.24. The summed E-state index contributed by atoms with van der Waals surface area (Å²) in [7, 11) is 0. The number of hydrogen-bond acceptors (Lipinski definition) is 4. The Kier molecular flexibility index (Phi) is 5.10. The molecule has 1 aliphatic rings. The van der Waals surface area contributed by atoms with Crippen LogP contribution in [0.2, 0.25) is 0 Å². The van der Waals surface area contributed by atoms with Crippen LogP contribution in [0.3, 0.4) is 0 Å². The number of H-pyrrole nitrogens is 1. The number of para-hydroxylation sites is 1. The number of aryl methyl sites for hydroxylation is 1. The maximum atomic E-state index is 12.7. The second-order valence-electron chi connectivity index (χ2n) is 7.81. The highest BCUT2D eigenvalue weighted by atomic mass is 32.1. The van der Waals surface area contributed by atoms with Crippen molar-refractivity contribution >= 4 is 33.1 Å². The maximum absolute atomic E-state index is 12.7. The summed E-state index contributed by atoms with van der Waals surface area (Å²) in [5.74, 6) is 0.218. The van der Waals surface area contributed by atoms with Gasteiger partial charge in [-0.2, -0.15) is 0 Å². The van der Waals surface area contributed by atoms with Crippen LogP contribution in [0.5, 0.6) is 0 Å². The van der Waals surface area contributed by atoms with Crippen molar-refractivity contribution in [2.45, 2.75) is 19.4 Å². The van der Waals surface area contributed by atoms with E-state index in [2.05, 4.69) is 22.1 Å². The van der Waals surface area contributed by atoms with Crippen LogP contribution in [0.1, 0.15) is 17.7 Å². The van der Waals surface area contributed by atoms with Crippen molar-refractivity contribution in [2.24, 2.45) is 0 Å². The van der Waals surface area contributed by atoms with Gasteiger partial charge in [0.1, 0.15) is 12.2 Å². The van der Waals surface area contributed by atoms with Gasteiger partial charge in [0.15, 0.2) is 4.96 Å². The predicted molar refractivity (Wildman–Crippen MR) is 117 cm³/mol. The Bertz CT molecular complexity index is 1250. The fourth-order valence-electron chi connectivity index (χ4n) is 4.22. The average molecular weight is 423 g/mol. The van der Waals surface area contributed by atoms with Crippen molar-refractivity contribution < 1.29 is 9.69 Å². The van der Waals surface area contributed by atoms with Crippen LogP contribution < -0.4 is 10.5 Å². The topological polar surface area (TPSA) is 74.9 Å². The Morgan fingerprint density at radius 2 is 2.07 bits per heavy atom. The van der Waals surface area contributed by atoms with E-state index >= 15 is 0 Å². The number of quaternary nitrogens is 1. The predicted octanol–water partition coefficient (Wildman–Crippen LogP) is 1.10. The lowest BCUT2D eigenvalue weighted by atomic mass is 10.1. The zero-order valence-electron chi connectivity index (χ0n) is 16.6. The Morgan fingerprint density at radius 1 is 1.23 bits per heavy atom. The SMILES string of the molecule is O=C(CCc1c[nH]c2ccccc12)N1CC[NH+](Cc2cc(=O)n3ccsc3n2)CC1. The lowest BCUT2D eigenvalue weighted by molar-refractivity contribution is -0.917. The number of thiazole rings is 1. The molecule has 154 valence electrons. The summed E-state index contributed by atoms with van der Waals surface area (Å²) in [6, 6.07) is 9.83. The Labute approximate surface area is 177 Å². The Balaban J connectivity index is 1.15. The molecule has 0 saturated carbocycles. The molecule has 2 N–H and O–H groups in total. The summed E-state index contributed by atoms with van der Waals surface area (Å²) in [6.07, 6.45) is 5.06. The van der Waals surface area contributed by atoms with E-state index in [4.69, 9.17) is 0 Å². The molecule has 1 aromatic carbocycles. The monoisotopic (exact) mass is 422 g/mol. The van der Waals surface area contributed by atoms with Gasteiger partial charge in [-0.1, -0.05) is 18.2 Å². The first-order valence-corrected chi connectivity index (χ1v) is 11.2. The summed E-state index contributed by atoms with van der Waals surface area (Å²) >= 11 is 1.47. The van der Waals surface area contributed by atoms with Crippen LogP contribution in [0.4, 0.5) is 0 Å². The van der Waals surface area contributed by atoms with E-state index < -0.39 is 0 Å². The molecule has 1 amide bonds. The third-order valence-corrected chi connectivity index (χ3v) is 6.65. The van der Waals surface area contributed by atoms with E-state index in [1.165, 1.54) is 27.2 Å². The quantitative estimate of drug-likeness (QED) is 0.506. The van der Waals surface area contributed by atoms with Gasteiger partial charge < -0.3 is 14.8 Å². The molecule has 0 unspecified atom stereocenters. The number of amides is 1. The van der Waals surface area contributed by atoms with Gasteiger partial charge in [0.05, 0.1) is 26.2 Å². The number of benzene rings is 1. The minimum atomic E-state index is -0.0262. The Hall–Kier alpha value is -2.97. The third kappa shape index (κ3) is 3.76. The molecule has 0 radical (unpaired) electrons. The maximum Gasteiger partial charge on any atom is 0.258 e. The number of rotatable bonds is 5. The molecular formula is C22H24N5O2S+. The zero-order chi connectivity index (χ0) is 20.5.